The first-order chi connectivity index (χ1) is 12.0. The van der Waals surface area contributed by atoms with Crippen molar-refractivity contribution in [1.82, 2.24) is 10.2 Å². The van der Waals surface area contributed by atoms with Gasteiger partial charge in [0, 0.05) is 37.8 Å². The van der Waals surface area contributed by atoms with Gasteiger partial charge in [0.25, 0.3) is 0 Å². The predicted octanol–water partition coefficient (Wildman–Crippen LogP) is 5.82. The Bertz CT molecular complexity index is 614. The van der Waals surface area contributed by atoms with Crippen LogP contribution in [-0.2, 0) is 10.8 Å². The second-order valence-corrected chi connectivity index (χ2v) is 10.1. The van der Waals surface area contributed by atoms with Crippen LogP contribution in [0.5, 0.6) is 5.75 Å². The van der Waals surface area contributed by atoms with Crippen molar-refractivity contribution in [3.05, 3.63) is 28.8 Å². The molecule has 1 aromatic carbocycles. The molecule has 2 atom stereocenters. The number of nitrogens with zero attached hydrogens (tertiary/aromatic N) is 1. The van der Waals surface area contributed by atoms with Crippen LogP contribution in [-0.4, -0.2) is 36.2 Å². The minimum Gasteiger partial charge on any atom is -0.507 e. The molecule has 0 bridgehead atoms. The van der Waals surface area contributed by atoms with Crippen LogP contribution in [0.2, 0.25) is 0 Å². The molecule has 5 heteroatoms. The predicted molar refractivity (Wildman–Crippen MR) is 127 cm³/mol. The molecule has 28 heavy (non-hydrogen) atoms. The van der Waals surface area contributed by atoms with Crippen LogP contribution < -0.4 is 5.32 Å². The van der Waals surface area contributed by atoms with Crippen molar-refractivity contribution in [2.24, 2.45) is 5.92 Å². The van der Waals surface area contributed by atoms with Crippen molar-refractivity contribution in [3.63, 3.8) is 0 Å². The molecular weight excluding hydrogens is 391 g/mol. The van der Waals surface area contributed by atoms with E-state index in [2.05, 4.69) is 77.7 Å². The van der Waals surface area contributed by atoms with E-state index in [0.717, 1.165) is 43.7 Å². The van der Waals surface area contributed by atoms with Gasteiger partial charge in [-0.25, -0.2) is 0 Å². The number of phenolic OH excluding ortho intramolecular Hbond substituents is 1. The summed E-state index contributed by atoms with van der Waals surface area (Å²) in [5, 5.41) is 14.8. The van der Waals surface area contributed by atoms with Crippen molar-refractivity contribution < 1.29 is 5.11 Å². The molecule has 1 heterocycles. The van der Waals surface area contributed by atoms with E-state index in [4.69, 9.17) is 0 Å². The Morgan fingerprint density at radius 3 is 1.96 bits per heavy atom. The highest BCUT2D eigenvalue weighted by Gasteiger charge is 2.33. The summed E-state index contributed by atoms with van der Waals surface area (Å²) in [5.41, 5.74) is 3.50. The van der Waals surface area contributed by atoms with Gasteiger partial charge in [0.1, 0.15) is 5.75 Å². The van der Waals surface area contributed by atoms with Crippen LogP contribution in [0.15, 0.2) is 12.1 Å². The van der Waals surface area contributed by atoms with Crippen LogP contribution in [0.1, 0.15) is 84.5 Å². The molecule has 164 valence electrons. The molecule has 1 unspecified atom stereocenters. The fourth-order valence-electron chi connectivity index (χ4n) is 3.93. The van der Waals surface area contributed by atoms with E-state index in [9.17, 15) is 5.11 Å². The number of nitrogens with one attached hydrogen (secondary N) is 1. The van der Waals surface area contributed by atoms with Crippen molar-refractivity contribution in [2.75, 3.05) is 26.2 Å². The summed E-state index contributed by atoms with van der Waals surface area (Å²) in [4.78, 5) is 2.57. The van der Waals surface area contributed by atoms with E-state index < -0.39 is 0 Å². The zero-order valence-corrected chi connectivity index (χ0v) is 20.7. The van der Waals surface area contributed by atoms with Gasteiger partial charge in [-0.3, -0.25) is 4.90 Å². The summed E-state index contributed by atoms with van der Waals surface area (Å²) in [6.45, 7) is 22.1. The molecule has 0 saturated carbocycles. The summed E-state index contributed by atoms with van der Waals surface area (Å²) in [6, 6.07) is 4.78. The molecule has 1 aromatic rings. The second-order valence-electron chi connectivity index (χ2n) is 10.1. The van der Waals surface area contributed by atoms with Gasteiger partial charge in [0.2, 0.25) is 0 Å². The van der Waals surface area contributed by atoms with E-state index in [-0.39, 0.29) is 41.7 Å². The van der Waals surface area contributed by atoms with Crippen LogP contribution in [0.25, 0.3) is 0 Å². The lowest BCUT2D eigenvalue weighted by atomic mass is 9.76. The van der Waals surface area contributed by atoms with Crippen molar-refractivity contribution in [3.8, 4) is 5.75 Å². The van der Waals surface area contributed by atoms with E-state index in [1.54, 1.807) is 0 Å². The molecule has 2 N–H and O–H groups in total. The van der Waals surface area contributed by atoms with Gasteiger partial charge in [-0.2, -0.15) is 0 Å². The summed E-state index contributed by atoms with van der Waals surface area (Å²) in [5.74, 6) is 1.01. The fourth-order valence-corrected chi connectivity index (χ4v) is 3.93. The first kappa shape index (κ1) is 27.5. The van der Waals surface area contributed by atoms with E-state index in [1.165, 1.54) is 5.56 Å². The molecule has 0 aliphatic carbocycles. The molecule has 1 saturated heterocycles. The maximum Gasteiger partial charge on any atom is 0.124 e. The summed E-state index contributed by atoms with van der Waals surface area (Å²) >= 11 is 0. The minimum absolute atomic E-state index is 0. The number of hydrogen-bond acceptors (Lipinski definition) is 3. The largest absolute Gasteiger partial charge is 0.507 e. The van der Waals surface area contributed by atoms with Gasteiger partial charge in [0.05, 0.1) is 0 Å². The van der Waals surface area contributed by atoms with E-state index in [0.29, 0.717) is 11.7 Å². The molecule has 0 radical (unpaired) electrons. The van der Waals surface area contributed by atoms with Gasteiger partial charge >= 0.3 is 0 Å². The standard InChI is InChI=1S/C23H40N2O.2ClH/c1-9-16(2)20(25-12-10-24-11-13-25)18-14-17(22(3,4)5)15-19(21(18)26)23(6,7)8;;/h14-16,20,24,26H,9-13H2,1-8H3;2*1H/t16?,20-;;/m1../s1. The van der Waals surface area contributed by atoms with Gasteiger partial charge in [-0.15, -0.1) is 24.8 Å². The van der Waals surface area contributed by atoms with Crippen LogP contribution in [0.4, 0.5) is 0 Å². The molecule has 1 aliphatic rings. The first-order valence-electron chi connectivity index (χ1n) is 10.3. The summed E-state index contributed by atoms with van der Waals surface area (Å²) in [6.07, 6.45) is 1.11. The monoisotopic (exact) mass is 432 g/mol. The van der Waals surface area contributed by atoms with Crippen molar-refractivity contribution >= 4 is 24.8 Å². The normalized spacial score (nSPS) is 18.0. The van der Waals surface area contributed by atoms with Crippen LogP contribution in [0.3, 0.4) is 0 Å². The fraction of sp³-hybridized carbons (Fsp3) is 0.739. The lowest BCUT2D eigenvalue weighted by Gasteiger charge is -2.40. The van der Waals surface area contributed by atoms with Crippen molar-refractivity contribution in [2.45, 2.75) is 78.7 Å². The lowest BCUT2D eigenvalue weighted by Crippen LogP contribution is -2.46. The summed E-state index contributed by atoms with van der Waals surface area (Å²) < 4.78 is 0. The van der Waals surface area contributed by atoms with Crippen LogP contribution in [0, 0.1) is 5.92 Å². The Kier molecular flexibility index (Phi) is 10.3. The average molecular weight is 434 g/mol. The number of aromatic hydroxyl groups is 1. The topological polar surface area (TPSA) is 35.5 Å². The highest BCUT2D eigenvalue weighted by Crippen LogP contribution is 2.43. The second kappa shape index (κ2) is 10.5. The SMILES string of the molecule is CCC(C)[C@H](c1cc(C(C)(C)C)cc(C(C)(C)C)c1O)N1CCNCC1.Cl.Cl. The maximum atomic E-state index is 11.3. The highest BCUT2D eigenvalue weighted by atomic mass is 35.5. The minimum atomic E-state index is -0.0798. The zero-order valence-electron chi connectivity index (χ0n) is 19.1. The Morgan fingerprint density at radius 2 is 1.54 bits per heavy atom. The number of benzene rings is 1. The smallest absolute Gasteiger partial charge is 0.124 e. The highest BCUT2D eigenvalue weighted by molar-refractivity contribution is 5.85. The Morgan fingerprint density at radius 1 is 1.00 bits per heavy atom. The van der Waals surface area contributed by atoms with Crippen molar-refractivity contribution in [1.29, 1.82) is 0 Å². The Labute approximate surface area is 185 Å². The maximum absolute atomic E-state index is 11.3. The van der Waals surface area contributed by atoms with Gasteiger partial charge in [-0.1, -0.05) is 67.9 Å². The van der Waals surface area contributed by atoms with Gasteiger partial charge < -0.3 is 10.4 Å². The van der Waals surface area contributed by atoms with E-state index >= 15 is 0 Å². The Balaban J connectivity index is 0.00000364. The molecular formula is C23H42Cl2N2O. The lowest BCUT2D eigenvalue weighted by molar-refractivity contribution is 0.126. The molecule has 0 amide bonds. The molecule has 2 rings (SSSR count). The summed E-state index contributed by atoms with van der Waals surface area (Å²) in [7, 11) is 0. The Hall–Kier alpha value is -0.480. The van der Waals surface area contributed by atoms with Gasteiger partial charge in [0.15, 0.2) is 0 Å². The first-order valence-corrected chi connectivity index (χ1v) is 10.3. The number of piperazine rings is 1. The third kappa shape index (κ3) is 6.26. The number of rotatable bonds is 4. The number of phenols is 1. The number of hydrogen-bond donors (Lipinski definition) is 2. The molecule has 0 spiro atoms. The molecule has 1 aliphatic heterocycles. The molecule has 0 aromatic heterocycles. The van der Waals surface area contributed by atoms with Gasteiger partial charge in [-0.05, 0) is 33.9 Å². The number of halogens is 2. The van der Waals surface area contributed by atoms with E-state index in [1.807, 2.05) is 0 Å². The average Bonchev–Trinajstić information content (AvgIpc) is 2.55. The third-order valence-electron chi connectivity index (χ3n) is 5.86. The molecule has 1 fully saturated rings. The van der Waals surface area contributed by atoms with Crippen LogP contribution >= 0.6 is 24.8 Å². The molecule has 3 nitrogen and oxygen atoms in total. The quantitative estimate of drug-likeness (QED) is 0.628. The zero-order chi connectivity index (χ0) is 19.7. The third-order valence-corrected chi connectivity index (χ3v) is 5.86.